The van der Waals surface area contributed by atoms with Crippen LogP contribution in [0, 0.1) is 0 Å². The third-order valence-electron chi connectivity index (χ3n) is 3.59. The van der Waals surface area contributed by atoms with E-state index in [1.807, 2.05) is 54.8 Å². The van der Waals surface area contributed by atoms with E-state index in [-0.39, 0.29) is 12.3 Å². The highest BCUT2D eigenvalue weighted by atomic mass is 32.1. The smallest absolute Gasteiger partial charge is 0.230 e. The van der Waals surface area contributed by atoms with Crippen LogP contribution in [0.3, 0.4) is 0 Å². The topological polar surface area (TPSA) is 51.2 Å². The van der Waals surface area contributed by atoms with Crippen molar-refractivity contribution < 1.29 is 9.53 Å². The summed E-state index contributed by atoms with van der Waals surface area (Å²) in [5.74, 6) is 0.728. The molecular formula is C20H20N2O2S. The van der Waals surface area contributed by atoms with Crippen molar-refractivity contribution in [3.8, 4) is 5.75 Å². The van der Waals surface area contributed by atoms with Crippen molar-refractivity contribution in [1.29, 1.82) is 0 Å². The molecule has 0 saturated carbocycles. The van der Waals surface area contributed by atoms with Crippen molar-refractivity contribution >= 4 is 22.9 Å². The summed E-state index contributed by atoms with van der Waals surface area (Å²) in [6.45, 7) is 2.57. The Balaban J connectivity index is 1.54. The minimum absolute atomic E-state index is 0.0688. The van der Waals surface area contributed by atoms with Gasteiger partial charge in [0.15, 0.2) is 0 Å². The predicted molar refractivity (Wildman–Crippen MR) is 101 cm³/mol. The minimum atomic E-state index is -0.0688. The first-order chi connectivity index (χ1) is 12.2. The first-order valence-electron chi connectivity index (χ1n) is 8.23. The second-order valence-corrected chi connectivity index (χ2v) is 6.52. The van der Waals surface area contributed by atoms with Gasteiger partial charge in [-0.15, -0.1) is 11.3 Å². The Labute approximate surface area is 151 Å². The molecule has 1 amide bonds. The molecule has 0 aliphatic rings. The standard InChI is InChI=1S/C20H20N2O2S/c1-2-24-18-10-8-16(9-11-18)21-19(23)13-17-14-25-20(22-17)12-15-6-4-3-5-7-15/h3-11,14H,2,12-13H2,1H3,(H,21,23). The molecule has 0 spiro atoms. The Morgan fingerprint density at radius 1 is 1.12 bits per heavy atom. The lowest BCUT2D eigenvalue weighted by molar-refractivity contribution is -0.115. The van der Waals surface area contributed by atoms with Gasteiger partial charge in [-0.2, -0.15) is 0 Å². The molecule has 0 unspecified atom stereocenters. The van der Waals surface area contributed by atoms with Gasteiger partial charge in [-0.25, -0.2) is 4.98 Å². The number of carbonyl (C=O) groups is 1. The zero-order valence-corrected chi connectivity index (χ0v) is 14.9. The maximum absolute atomic E-state index is 12.2. The average molecular weight is 352 g/mol. The van der Waals surface area contributed by atoms with Gasteiger partial charge in [0.2, 0.25) is 5.91 Å². The largest absolute Gasteiger partial charge is 0.494 e. The molecule has 128 valence electrons. The number of thiazole rings is 1. The van der Waals surface area contributed by atoms with Gasteiger partial charge < -0.3 is 10.1 Å². The van der Waals surface area contributed by atoms with Gasteiger partial charge >= 0.3 is 0 Å². The van der Waals surface area contributed by atoms with E-state index in [9.17, 15) is 4.79 Å². The van der Waals surface area contributed by atoms with Crippen LogP contribution in [0.15, 0.2) is 60.0 Å². The number of hydrogen-bond acceptors (Lipinski definition) is 4. The van der Waals surface area contributed by atoms with Gasteiger partial charge in [-0.1, -0.05) is 30.3 Å². The summed E-state index contributed by atoms with van der Waals surface area (Å²) < 4.78 is 5.39. The van der Waals surface area contributed by atoms with Crippen molar-refractivity contribution in [1.82, 2.24) is 4.98 Å². The van der Waals surface area contributed by atoms with Gasteiger partial charge in [0.05, 0.1) is 23.7 Å². The number of aromatic nitrogens is 1. The molecule has 1 heterocycles. The molecule has 3 aromatic rings. The molecule has 0 fully saturated rings. The number of hydrogen-bond donors (Lipinski definition) is 1. The number of rotatable bonds is 7. The molecular weight excluding hydrogens is 332 g/mol. The van der Waals surface area contributed by atoms with Crippen LogP contribution >= 0.6 is 11.3 Å². The van der Waals surface area contributed by atoms with Gasteiger partial charge in [-0.3, -0.25) is 4.79 Å². The molecule has 0 aliphatic heterocycles. The number of anilines is 1. The van der Waals surface area contributed by atoms with Crippen molar-refractivity contribution in [3.63, 3.8) is 0 Å². The molecule has 2 aromatic carbocycles. The first kappa shape index (κ1) is 17.2. The molecule has 3 rings (SSSR count). The Kier molecular flexibility index (Phi) is 5.80. The Bertz CT molecular complexity index is 813. The fourth-order valence-corrected chi connectivity index (χ4v) is 3.28. The normalized spacial score (nSPS) is 10.4. The molecule has 0 bridgehead atoms. The fourth-order valence-electron chi connectivity index (χ4n) is 2.45. The Morgan fingerprint density at radius 2 is 1.88 bits per heavy atom. The van der Waals surface area contributed by atoms with E-state index in [1.165, 1.54) is 5.56 Å². The van der Waals surface area contributed by atoms with E-state index in [0.717, 1.165) is 28.6 Å². The van der Waals surface area contributed by atoms with Crippen LogP contribution in [0.4, 0.5) is 5.69 Å². The van der Waals surface area contributed by atoms with Gasteiger partial charge in [-0.05, 0) is 36.8 Å². The number of nitrogens with zero attached hydrogens (tertiary/aromatic N) is 1. The molecule has 0 radical (unpaired) electrons. The number of carbonyl (C=O) groups excluding carboxylic acids is 1. The Hall–Kier alpha value is -2.66. The summed E-state index contributed by atoms with van der Waals surface area (Å²) in [5, 5.41) is 5.87. The monoisotopic (exact) mass is 352 g/mol. The van der Waals surface area contributed by atoms with Crippen LogP contribution in [0.2, 0.25) is 0 Å². The quantitative estimate of drug-likeness (QED) is 0.689. The summed E-state index contributed by atoms with van der Waals surface area (Å²) in [5.41, 5.74) is 2.79. The lowest BCUT2D eigenvalue weighted by atomic mass is 10.2. The molecule has 25 heavy (non-hydrogen) atoms. The third kappa shape index (κ3) is 5.16. The molecule has 4 nitrogen and oxygen atoms in total. The van der Waals surface area contributed by atoms with Gasteiger partial charge in [0, 0.05) is 17.5 Å². The number of ether oxygens (including phenoxy) is 1. The summed E-state index contributed by atoms with van der Waals surface area (Å²) in [7, 11) is 0. The third-order valence-corrected chi connectivity index (χ3v) is 4.49. The molecule has 0 atom stereocenters. The molecule has 5 heteroatoms. The van der Waals surface area contributed by atoms with Crippen LogP contribution in [0.5, 0.6) is 5.75 Å². The van der Waals surface area contributed by atoms with E-state index in [2.05, 4.69) is 22.4 Å². The zero-order valence-electron chi connectivity index (χ0n) is 14.1. The van der Waals surface area contributed by atoms with Crippen molar-refractivity contribution in [2.75, 3.05) is 11.9 Å². The Morgan fingerprint density at radius 3 is 2.60 bits per heavy atom. The van der Waals surface area contributed by atoms with Crippen molar-refractivity contribution in [2.24, 2.45) is 0 Å². The fraction of sp³-hybridized carbons (Fsp3) is 0.200. The van der Waals surface area contributed by atoms with E-state index in [1.54, 1.807) is 11.3 Å². The lowest BCUT2D eigenvalue weighted by Gasteiger charge is -2.06. The zero-order chi connectivity index (χ0) is 17.5. The van der Waals surface area contributed by atoms with Gasteiger partial charge in [0.25, 0.3) is 0 Å². The second kappa shape index (κ2) is 8.44. The van der Waals surface area contributed by atoms with Crippen molar-refractivity contribution in [2.45, 2.75) is 19.8 Å². The summed E-state index contributed by atoms with van der Waals surface area (Å²) in [6, 6.07) is 17.6. The number of amides is 1. The molecule has 1 aromatic heterocycles. The maximum atomic E-state index is 12.2. The van der Waals surface area contributed by atoms with Crippen LogP contribution < -0.4 is 10.1 Å². The first-order valence-corrected chi connectivity index (χ1v) is 9.11. The highest BCUT2D eigenvalue weighted by molar-refractivity contribution is 7.09. The SMILES string of the molecule is CCOc1ccc(NC(=O)Cc2csc(Cc3ccccc3)n2)cc1. The van der Waals surface area contributed by atoms with Crippen LogP contribution in [0.25, 0.3) is 0 Å². The van der Waals surface area contributed by atoms with E-state index < -0.39 is 0 Å². The van der Waals surface area contributed by atoms with Gasteiger partial charge in [0.1, 0.15) is 5.75 Å². The van der Waals surface area contributed by atoms with E-state index in [0.29, 0.717) is 6.61 Å². The molecule has 0 saturated heterocycles. The number of nitrogens with one attached hydrogen (secondary N) is 1. The van der Waals surface area contributed by atoms with E-state index in [4.69, 9.17) is 4.74 Å². The highest BCUT2D eigenvalue weighted by Crippen LogP contribution is 2.17. The number of benzene rings is 2. The lowest BCUT2D eigenvalue weighted by Crippen LogP contribution is -2.14. The molecule has 1 N–H and O–H groups in total. The van der Waals surface area contributed by atoms with E-state index >= 15 is 0 Å². The summed E-state index contributed by atoms with van der Waals surface area (Å²) in [4.78, 5) is 16.7. The summed E-state index contributed by atoms with van der Waals surface area (Å²) >= 11 is 1.59. The van der Waals surface area contributed by atoms with Crippen molar-refractivity contribution in [3.05, 3.63) is 76.2 Å². The highest BCUT2D eigenvalue weighted by Gasteiger charge is 2.09. The predicted octanol–water partition coefficient (Wildman–Crippen LogP) is 4.31. The average Bonchev–Trinajstić information content (AvgIpc) is 3.04. The summed E-state index contributed by atoms with van der Waals surface area (Å²) in [6.07, 6.45) is 1.07. The maximum Gasteiger partial charge on any atom is 0.230 e. The van der Waals surface area contributed by atoms with Crippen LogP contribution in [0.1, 0.15) is 23.2 Å². The minimum Gasteiger partial charge on any atom is -0.494 e. The van der Waals surface area contributed by atoms with Crippen LogP contribution in [-0.2, 0) is 17.6 Å². The molecule has 0 aliphatic carbocycles. The van der Waals surface area contributed by atoms with Crippen LogP contribution in [-0.4, -0.2) is 17.5 Å². The second-order valence-electron chi connectivity index (χ2n) is 5.58.